The maximum absolute atomic E-state index is 12.4. The van der Waals surface area contributed by atoms with E-state index < -0.39 is 51.0 Å². The highest BCUT2D eigenvalue weighted by molar-refractivity contribution is 7.54. The minimum atomic E-state index is -5.04. The van der Waals surface area contributed by atoms with E-state index in [0.717, 1.165) is 67.5 Å². The van der Waals surface area contributed by atoms with Gasteiger partial charge in [-0.2, -0.15) is 0 Å². The summed E-state index contributed by atoms with van der Waals surface area (Å²) >= 11 is 0. The van der Waals surface area contributed by atoms with Gasteiger partial charge in [-0.25, -0.2) is 0 Å². The number of hydrogen-bond acceptors (Lipinski definition) is 4. The largest absolute Gasteiger partial charge is 0.335 e. The van der Waals surface area contributed by atoms with Crippen molar-refractivity contribution < 1.29 is 57.4 Å². The fourth-order valence-corrected chi connectivity index (χ4v) is 5.25. The zero-order valence-electron chi connectivity index (χ0n) is 20.2. The number of rotatable bonds is 8. The molecule has 198 valence electrons. The SMILES string of the molecule is CC(C)(c1cc(C(C)(C)P(=O)(O)O)c(C(C)(C)P(=O)(O)O)cc1C(C)(C)P(=O)(O)O)P(=O)(O)O. The van der Waals surface area contributed by atoms with Crippen LogP contribution in [0.4, 0.5) is 0 Å². The molecule has 0 aliphatic carbocycles. The molecule has 0 heterocycles. The summed E-state index contributed by atoms with van der Waals surface area (Å²) in [6.45, 7) is 8.81. The van der Waals surface area contributed by atoms with E-state index in [-0.39, 0.29) is 22.3 Å². The van der Waals surface area contributed by atoms with Crippen molar-refractivity contribution in [2.24, 2.45) is 0 Å². The first-order valence-electron chi connectivity index (χ1n) is 9.88. The third-order valence-electron chi connectivity index (χ3n) is 6.71. The Hall–Kier alpha value is -0.180. The van der Waals surface area contributed by atoms with Crippen LogP contribution in [0, 0.1) is 0 Å². The minimum Gasteiger partial charge on any atom is -0.324 e. The van der Waals surface area contributed by atoms with Crippen LogP contribution in [-0.4, -0.2) is 39.1 Å². The zero-order chi connectivity index (χ0) is 27.7. The van der Waals surface area contributed by atoms with E-state index in [4.69, 9.17) is 0 Å². The Morgan fingerprint density at radius 2 is 0.529 bits per heavy atom. The molecule has 0 amide bonds. The van der Waals surface area contributed by atoms with E-state index in [1.807, 2.05) is 0 Å². The fraction of sp³-hybridized carbons (Fsp3) is 0.667. The second kappa shape index (κ2) is 8.70. The Labute approximate surface area is 198 Å². The second-order valence-electron chi connectivity index (χ2n) is 10.4. The van der Waals surface area contributed by atoms with Crippen molar-refractivity contribution >= 4 is 30.4 Å². The Morgan fingerprint density at radius 1 is 0.412 bits per heavy atom. The van der Waals surface area contributed by atoms with Crippen LogP contribution in [-0.2, 0) is 38.9 Å². The lowest BCUT2D eigenvalue weighted by molar-refractivity contribution is 0.324. The van der Waals surface area contributed by atoms with E-state index in [9.17, 15) is 57.4 Å². The van der Waals surface area contributed by atoms with Gasteiger partial charge in [-0.1, -0.05) is 12.1 Å². The summed E-state index contributed by atoms with van der Waals surface area (Å²) in [6, 6.07) is 1.97. The standard InChI is InChI=1S/C18H34O12P4/c1-15(2,31(19,20)21)11-9-13(17(5,6)33(25,26)27)14(18(7,8)34(28,29)30)10-12(11)16(3,4)32(22,23)24/h9-10H,1-8H3,(H2,19,20,21)(H2,22,23,24)(H2,25,26,27)(H2,28,29,30). The van der Waals surface area contributed by atoms with E-state index in [2.05, 4.69) is 0 Å². The van der Waals surface area contributed by atoms with Gasteiger partial charge in [0.1, 0.15) is 0 Å². The average Bonchev–Trinajstić information content (AvgIpc) is 2.56. The maximum atomic E-state index is 12.4. The Bertz CT molecular complexity index is 981. The van der Waals surface area contributed by atoms with Gasteiger partial charge in [0.25, 0.3) is 0 Å². The van der Waals surface area contributed by atoms with Gasteiger partial charge in [0.2, 0.25) is 0 Å². The molecule has 34 heavy (non-hydrogen) atoms. The molecule has 0 spiro atoms. The molecule has 12 nitrogen and oxygen atoms in total. The van der Waals surface area contributed by atoms with E-state index in [1.165, 1.54) is 0 Å². The first kappa shape index (κ1) is 31.8. The topological polar surface area (TPSA) is 230 Å². The zero-order valence-corrected chi connectivity index (χ0v) is 23.7. The average molecular weight is 566 g/mol. The third kappa shape index (κ3) is 5.26. The predicted octanol–water partition coefficient (Wildman–Crippen LogP) is 3.34. The molecule has 0 saturated carbocycles. The van der Waals surface area contributed by atoms with Crippen molar-refractivity contribution in [3.05, 3.63) is 34.4 Å². The van der Waals surface area contributed by atoms with Crippen LogP contribution < -0.4 is 0 Å². The van der Waals surface area contributed by atoms with Crippen molar-refractivity contribution in [3.63, 3.8) is 0 Å². The molecule has 8 N–H and O–H groups in total. The van der Waals surface area contributed by atoms with Gasteiger partial charge < -0.3 is 39.1 Å². The smallest absolute Gasteiger partial charge is 0.324 e. The van der Waals surface area contributed by atoms with Crippen molar-refractivity contribution in [1.29, 1.82) is 0 Å². The first-order valence-corrected chi connectivity index (χ1v) is 16.3. The summed E-state index contributed by atoms with van der Waals surface area (Å²) in [5, 5.41) is -8.39. The van der Waals surface area contributed by atoms with Crippen molar-refractivity contribution in [2.45, 2.75) is 76.0 Å². The van der Waals surface area contributed by atoms with Gasteiger partial charge >= 0.3 is 30.4 Å². The molecular formula is C18H34O12P4. The lowest BCUT2D eigenvalue weighted by Gasteiger charge is -2.40. The molecule has 0 aliphatic heterocycles. The Kier molecular flexibility index (Phi) is 8.15. The highest BCUT2D eigenvalue weighted by atomic mass is 31.2. The van der Waals surface area contributed by atoms with E-state index >= 15 is 0 Å². The van der Waals surface area contributed by atoms with Crippen molar-refractivity contribution in [1.82, 2.24) is 0 Å². The predicted molar refractivity (Wildman–Crippen MR) is 127 cm³/mol. The molecular weight excluding hydrogens is 532 g/mol. The van der Waals surface area contributed by atoms with E-state index in [1.54, 1.807) is 0 Å². The molecule has 0 atom stereocenters. The summed E-state index contributed by atoms with van der Waals surface area (Å²) in [6.07, 6.45) is 0. The van der Waals surface area contributed by atoms with Crippen LogP contribution in [0.3, 0.4) is 0 Å². The molecule has 16 heteroatoms. The number of benzene rings is 1. The van der Waals surface area contributed by atoms with Crippen molar-refractivity contribution in [3.8, 4) is 0 Å². The van der Waals surface area contributed by atoms with Crippen LogP contribution in [0.25, 0.3) is 0 Å². The van der Waals surface area contributed by atoms with Crippen LogP contribution in [0.15, 0.2) is 12.1 Å². The summed E-state index contributed by atoms with van der Waals surface area (Å²) in [7, 11) is -20.2. The van der Waals surface area contributed by atoms with Gasteiger partial charge in [-0.3, -0.25) is 18.3 Å². The van der Waals surface area contributed by atoms with Gasteiger partial charge in [-0.05, 0) is 77.6 Å². The lowest BCUT2D eigenvalue weighted by Crippen LogP contribution is -2.32. The maximum Gasteiger partial charge on any atom is 0.335 e. The summed E-state index contributed by atoms with van der Waals surface area (Å²) in [5.74, 6) is 0. The molecule has 0 aromatic heterocycles. The van der Waals surface area contributed by atoms with Crippen molar-refractivity contribution in [2.75, 3.05) is 0 Å². The second-order valence-corrected chi connectivity index (χ2v) is 19.2. The highest BCUT2D eigenvalue weighted by Crippen LogP contribution is 2.67. The van der Waals surface area contributed by atoms with Crippen LogP contribution in [0.1, 0.15) is 77.6 Å². The quantitative estimate of drug-likeness (QED) is 0.212. The summed E-state index contributed by atoms with van der Waals surface area (Å²) in [5.41, 5.74) is -1.29. The number of hydrogen-bond donors (Lipinski definition) is 8. The molecule has 0 fully saturated rings. The normalized spacial score (nSPS) is 15.5. The minimum absolute atomic E-state index is 0.323. The van der Waals surface area contributed by atoms with Crippen LogP contribution >= 0.6 is 30.4 Å². The first-order chi connectivity index (χ1) is 14.5. The molecule has 0 bridgehead atoms. The van der Waals surface area contributed by atoms with Gasteiger partial charge in [0, 0.05) is 0 Å². The summed E-state index contributed by atoms with van der Waals surface area (Å²) < 4.78 is 49.6. The van der Waals surface area contributed by atoms with Crippen LogP contribution in [0.2, 0.25) is 0 Å². The van der Waals surface area contributed by atoms with Crippen LogP contribution in [0.5, 0.6) is 0 Å². The summed E-state index contributed by atoms with van der Waals surface area (Å²) in [4.78, 5) is 80.3. The molecule has 1 aromatic carbocycles. The third-order valence-corrected chi connectivity index (χ3v) is 13.5. The molecule has 1 aromatic rings. The Morgan fingerprint density at radius 3 is 0.618 bits per heavy atom. The fourth-order valence-electron chi connectivity index (χ4n) is 3.25. The molecule has 0 unspecified atom stereocenters. The Balaban J connectivity index is 4.59. The lowest BCUT2D eigenvalue weighted by atomic mass is 9.80. The van der Waals surface area contributed by atoms with Gasteiger partial charge in [0.15, 0.2) is 0 Å². The highest BCUT2D eigenvalue weighted by Gasteiger charge is 2.52. The van der Waals surface area contributed by atoms with E-state index in [0.29, 0.717) is 0 Å². The molecule has 0 radical (unpaired) electrons. The molecule has 1 rings (SSSR count). The molecule has 0 saturated heterocycles. The van der Waals surface area contributed by atoms with Gasteiger partial charge in [0.05, 0.1) is 20.6 Å². The molecule has 0 aliphatic rings. The van der Waals surface area contributed by atoms with Gasteiger partial charge in [-0.15, -0.1) is 0 Å². The monoisotopic (exact) mass is 566 g/mol.